The Morgan fingerprint density at radius 2 is 0.979 bits per heavy atom. The number of anilines is 4. The van der Waals surface area contributed by atoms with Crippen molar-refractivity contribution in [2.45, 2.75) is 206 Å². The number of rotatable bonds is 40. The maximum Gasteiger partial charge on any atom is 0.319 e. The van der Waals surface area contributed by atoms with Crippen LogP contribution in [0, 0.1) is 11.8 Å². The van der Waals surface area contributed by atoms with Crippen molar-refractivity contribution in [3.63, 3.8) is 0 Å². The van der Waals surface area contributed by atoms with E-state index in [9.17, 15) is 33.1 Å². The van der Waals surface area contributed by atoms with E-state index in [0.29, 0.717) is 117 Å². The van der Waals surface area contributed by atoms with Gasteiger partial charge in [-0.25, -0.2) is 23.7 Å². The molecule has 5 aliphatic heterocycles. The standard InChI is InChI=1S/C26H37N7O5.C26H35N7O2.C26H36N6O4.C24H30F2N6O4/c1-15(2)37-20-6-9-27-24-22(20)23(31-32-24)18-7-10-33(11-8-18)21-12-19(25(35)28-16(3)13-34)29-26(30-21)38-17(4)14-36-5;1-17(15-32(2)3)29-25(34)22-13-23(31-26(30-22)35-16-18-6-7-18)33-11-8-19(9-12-33)21-14-28-24-20(21)5-4-10-27-24;1-6-16(2)29-25(33)22-12-23(31-26(30-22)36-17(3)15-34-4)32-9-7-18(8-10-32)21-14-28-24-20(21)11-19(35-5)13-27-24;1-14(13-34-2)36-24-30-16(23(33)29-12-19(25)26)10-20(31-24)32-8-5-15(6-9-32)22-21-17(11-28-22)27-7-4-18(21)35-3/h6,9,12,15-18,34H,7-8,10-11,13-14H2,1-5H3,(H,28,35)(H,27,31,32);4-5,10,13-14,17-19H,6-9,11-12,15-16H2,1-3H3,(H,27,28)(H,29,34);11-14,16-18H,6-10,15H2,1-5H3,(H,27,28)(H,29,33);4,7,10,14-15,19H,5-6,8-9,11-13H2,1-3H3,(H,29,33)/t16-,17-;17-;16-,17-;14-/m1111/s1. The van der Waals surface area contributed by atoms with Gasteiger partial charge in [0, 0.05) is 176 Å². The van der Waals surface area contributed by atoms with E-state index in [-0.39, 0.29) is 96.2 Å². The summed E-state index contributed by atoms with van der Waals surface area (Å²) in [5.74, 6) is 5.24. The predicted molar refractivity (Wildman–Crippen MR) is 544 cm³/mol. The number of aromatic nitrogens is 16. The summed E-state index contributed by atoms with van der Waals surface area (Å²) < 4.78 is 80.9. The van der Waals surface area contributed by atoms with Crippen LogP contribution in [-0.2, 0) is 20.8 Å². The van der Waals surface area contributed by atoms with Crippen LogP contribution >= 0.6 is 0 Å². The quantitative estimate of drug-likeness (QED) is 0.0177. The lowest BCUT2D eigenvalue weighted by molar-refractivity contribution is 0.0833. The third-order valence-corrected chi connectivity index (χ3v) is 25.9. The molecule has 17 rings (SSSR count). The Morgan fingerprint density at radius 1 is 0.510 bits per heavy atom. The van der Waals surface area contributed by atoms with Crippen LogP contribution in [0.1, 0.15) is 221 Å². The number of fused-ring (bicyclic) bond motifs is 4. The first-order valence-corrected chi connectivity index (χ1v) is 49.9. The number of amides is 4. The van der Waals surface area contributed by atoms with E-state index < -0.39 is 30.8 Å². The van der Waals surface area contributed by atoms with Crippen LogP contribution in [0.4, 0.5) is 32.1 Å². The fourth-order valence-corrected chi connectivity index (χ4v) is 18.3. The lowest BCUT2D eigenvalue weighted by atomic mass is 9.88. The SMILES string of the molecule is CC[C@@H](C)NC(=O)c1cc(N2CCC(c3c[nH]c4ncc(OC)cc34)CC2)nc(O[C@H](C)COC)n1.COC[C@@H](C)Oc1nc(C(=O)NCC(F)F)cc(N2CCC(C3=NCc4nccc(OC)c43)CC2)n1.COC[C@@H](C)Oc1nc(C(=O)N[C@H](C)CO)cc(N2CCC(c3[nH]nc4nccc(OC(C)C)c34)CC2)n1.C[C@H](CN(C)C)NC(=O)c1cc(N2CCC(c3c[nH]c4ncccc34)CC2)nc(OCC2CC2)n1. The summed E-state index contributed by atoms with van der Waals surface area (Å²) in [7, 11) is 12.0. The Morgan fingerprint density at radius 3 is 1.46 bits per heavy atom. The number of aliphatic imine (C=N–C) groups is 1. The average Bonchev–Trinajstić information content (AvgIpc) is 1.69. The number of hydrogen-bond donors (Lipinski definition) is 8. The molecule has 41 nitrogen and oxygen atoms in total. The molecular formula is C102H138F2N26O15. The molecule has 1 aliphatic carbocycles. The molecule has 5 fully saturated rings. The highest BCUT2D eigenvalue weighted by molar-refractivity contribution is 6.07. The second kappa shape index (κ2) is 51.3. The van der Waals surface area contributed by atoms with Gasteiger partial charge in [-0.15, -0.1) is 0 Å². The number of piperidine rings is 4. The van der Waals surface area contributed by atoms with Crippen LogP contribution in [0.15, 0.2) is 96.8 Å². The number of methoxy groups -OCH3 is 5. The molecule has 0 bridgehead atoms. The van der Waals surface area contributed by atoms with Gasteiger partial charge in [-0.2, -0.15) is 45.0 Å². The van der Waals surface area contributed by atoms with Crippen LogP contribution in [0.25, 0.3) is 33.1 Å². The molecule has 0 radical (unpaired) electrons. The Bertz CT molecular complexity index is 6140. The van der Waals surface area contributed by atoms with Crippen LogP contribution in [0.5, 0.6) is 41.3 Å². The molecule has 43 heteroatoms. The average molecular weight is 2010 g/mol. The number of carbonyl (C=O) groups excluding carboxylic acids is 4. The number of likely N-dealkylation sites (N-methyl/N-ethyl adjacent to an activating group) is 1. The predicted octanol–water partition coefficient (Wildman–Crippen LogP) is 11.8. The number of aliphatic hydroxyl groups excluding tert-OH is 1. The van der Waals surface area contributed by atoms with Crippen LogP contribution in [0.3, 0.4) is 0 Å². The molecular weight excluding hydrogens is 1870 g/mol. The molecule has 11 aromatic heterocycles. The lowest BCUT2D eigenvalue weighted by Crippen LogP contribution is -2.40. The van der Waals surface area contributed by atoms with Gasteiger partial charge in [0.05, 0.1) is 101 Å². The number of ether oxygens (including phenoxy) is 10. The summed E-state index contributed by atoms with van der Waals surface area (Å²) in [4.78, 5) is 127. The van der Waals surface area contributed by atoms with Crippen LogP contribution < -0.4 is 74.0 Å². The molecule has 16 heterocycles. The Labute approximate surface area is 842 Å². The maximum absolute atomic E-state index is 13.0. The number of alkyl halides is 2. The van der Waals surface area contributed by atoms with E-state index in [4.69, 9.17) is 57.3 Å². The molecule has 4 saturated heterocycles. The molecule has 145 heavy (non-hydrogen) atoms. The normalized spacial score (nSPS) is 16.6. The van der Waals surface area contributed by atoms with Crippen LogP contribution in [0.2, 0.25) is 0 Å². The van der Waals surface area contributed by atoms with E-state index in [2.05, 4.69) is 134 Å². The fourth-order valence-electron chi connectivity index (χ4n) is 18.3. The molecule has 0 aromatic carbocycles. The maximum atomic E-state index is 13.0. The van der Waals surface area contributed by atoms with Gasteiger partial charge in [0.1, 0.15) is 92.9 Å². The molecule has 1 saturated carbocycles. The zero-order valence-electron chi connectivity index (χ0n) is 85.7. The Hall–Kier alpha value is -13.5. The lowest BCUT2D eigenvalue weighted by Gasteiger charge is -2.33. The molecule has 6 atom stereocenters. The number of carbonyl (C=O) groups is 4. The van der Waals surface area contributed by atoms with Crippen LogP contribution in [-0.4, -0.2) is 316 Å². The molecule has 8 N–H and O–H groups in total. The van der Waals surface area contributed by atoms with Gasteiger partial charge in [0.15, 0.2) is 5.65 Å². The monoisotopic (exact) mass is 2010 g/mol. The highest BCUT2D eigenvalue weighted by Crippen LogP contribution is 2.42. The Balaban J connectivity index is 0.000000153. The highest BCUT2D eigenvalue weighted by Gasteiger charge is 2.36. The van der Waals surface area contributed by atoms with Crippen molar-refractivity contribution in [2.24, 2.45) is 16.8 Å². The van der Waals surface area contributed by atoms with E-state index in [0.717, 1.165) is 158 Å². The number of halogens is 2. The summed E-state index contributed by atoms with van der Waals surface area (Å²) >= 11 is 0. The van der Waals surface area contributed by atoms with Crippen molar-refractivity contribution in [1.82, 2.24) is 106 Å². The Kier molecular flexibility index (Phi) is 37.9. The topological polar surface area (TPSA) is 472 Å². The van der Waals surface area contributed by atoms with E-state index >= 15 is 0 Å². The third kappa shape index (κ3) is 29.0. The molecule has 6 aliphatic rings. The second-order valence-corrected chi connectivity index (χ2v) is 38.1. The molecule has 4 amide bonds. The van der Waals surface area contributed by atoms with Gasteiger partial charge in [-0.1, -0.05) is 6.92 Å². The molecule has 0 spiro atoms. The number of aliphatic hydroxyl groups is 1. The summed E-state index contributed by atoms with van der Waals surface area (Å²) in [6, 6.07) is 16.9. The molecule has 780 valence electrons. The van der Waals surface area contributed by atoms with E-state index in [1.54, 1.807) is 86.2 Å². The summed E-state index contributed by atoms with van der Waals surface area (Å²) in [6.45, 7) is 25.3. The second-order valence-electron chi connectivity index (χ2n) is 38.1. The van der Waals surface area contributed by atoms with Crippen molar-refractivity contribution >= 4 is 85.7 Å². The molecule has 11 aromatic rings. The first-order valence-electron chi connectivity index (χ1n) is 49.9. The van der Waals surface area contributed by atoms with Gasteiger partial charge in [-0.3, -0.25) is 34.3 Å². The summed E-state index contributed by atoms with van der Waals surface area (Å²) in [5.41, 5.74) is 9.81. The van der Waals surface area contributed by atoms with Crippen molar-refractivity contribution in [1.29, 1.82) is 0 Å². The van der Waals surface area contributed by atoms with Crippen molar-refractivity contribution in [3.8, 4) is 41.3 Å². The first-order chi connectivity index (χ1) is 70.0. The number of nitrogens with one attached hydrogen (secondary N) is 7. The van der Waals surface area contributed by atoms with Gasteiger partial charge < -0.3 is 108 Å². The van der Waals surface area contributed by atoms with Gasteiger partial charge in [-0.05, 0) is 199 Å². The zero-order valence-corrected chi connectivity index (χ0v) is 85.7. The summed E-state index contributed by atoms with van der Waals surface area (Å²) in [5, 5.41) is 31.1. The minimum Gasteiger partial charge on any atom is -0.496 e. The smallest absolute Gasteiger partial charge is 0.319 e. The highest BCUT2D eigenvalue weighted by atomic mass is 19.3. The number of H-pyrrole nitrogens is 3. The fraction of sp³-hybridized carbons (Fsp3) is 0.549. The number of pyridine rings is 4. The van der Waals surface area contributed by atoms with Gasteiger partial charge >= 0.3 is 24.0 Å². The minimum absolute atomic E-state index is 0.00755. The third-order valence-electron chi connectivity index (χ3n) is 25.9. The van der Waals surface area contributed by atoms with Crippen molar-refractivity contribution in [3.05, 3.63) is 143 Å². The number of aromatic amines is 3. The first kappa shape index (κ1) is 107. The summed E-state index contributed by atoms with van der Waals surface area (Å²) in [6.07, 6.45) is 18.0. The van der Waals surface area contributed by atoms with E-state index in [1.807, 2.05) is 97.9 Å². The van der Waals surface area contributed by atoms with Gasteiger partial charge in [0.25, 0.3) is 30.1 Å². The van der Waals surface area contributed by atoms with E-state index in [1.165, 1.54) is 35.4 Å². The van der Waals surface area contributed by atoms with Crippen molar-refractivity contribution in [2.75, 3.05) is 168 Å². The largest absolute Gasteiger partial charge is 0.496 e. The minimum atomic E-state index is -2.66. The van der Waals surface area contributed by atoms with Gasteiger partial charge in [0.2, 0.25) is 0 Å². The molecule has 0 unspecified atom stereocenters. The number of hydrogen-bond acceptors (Lipinski definition) is 34. The number of nitrogens with zero attached hydrogens (tertiary/aromatic N) is 19. The van der Waals surface area contributed by atoms with Crippen molar-refractivity contribution < 1.29 is 80.4 Å². The zero-order chi connectivity index (χ0) is 103.